The van der Waals surface area contributed by atoms with Crippen molar-refractivity contribution in [2.24, 2.45) is 12.8 Å². The maximum atomic E-state index is 12.2. The summed E-state index contributed by atoms with van der Waals surface area (Å²) < 4.78 is 28.3. The van der Waals surface area contributed by atoms with Crippen molar-refractivity contribution in [1.29, 1.82) is 0 Å². The van der Waals surface area contributed by atoms with Crippen LogP contribution in [0.2, 0.25) is 0 Å². The van der Waals surface area contributed by atoms with Crippen molar-refractivity contribution in [3.05, 3.63) is 23.8 Å². The number of H-pyrrole nitrogens is 1. The number of rotatable bonds is 5. The van der Waals surface area contributed by atoms with Gasteiger partial charge in [-0.25, -0.2) is 4.98 Å². The summed E-state index contributed by atoms with van der Waals surface area (Å²) in [6.45, 7) is 1.87. The fourth-order valence-corrected chi connectivity index (χ4v) is 2.78. The Hall–Kier alpha value is -1.94. The average molecular weight is 314 g/mol. The number of imidazole rings is 1. The van der Waals surface area contributed by atoms with Gasteiger partial charge in [-0.1, -0.05) is 19.1 Å². The standard InChI is InChI=1S/C10H14N6O2S2/c1-3-7-12-5-8(14-7)20(17,18)15-10-6(9(11)19)4-13-16(10)2/h4-5,15H,3H2,1-2H3,(H2,11,19)(H,12,14). The molecule has 0 radical (unpaired) electrons. The molecule has 2 aromatic heterocycles. The molecule has 0 aliphatic rings. The maximum Gasteiger partial charge on any atom is 0.280 e. The number of nitrogens with two attached hydrogens (primary N) is 1. The Morgan fingerprint density at radius 3 is 2.80 bits per heavy atom. The molecule has 20 heavy (non-hydrogen) atoms. The Labute approximate surface area is 121 Å². The average Bonchev–Trinajstić information content (AvgIpc) is 2.97. The predicted octanol–water partition coefficient (Wildman–Crippen LogP) is 0.141. The van der Waals surface area contributed by atoms with Gasteiger partial charge in [0.2, 0.25) is 0 Å². The number of aryl methyl sites for hydroxylation is 2. The van der Waals surface area contributed by atoms with Gasteiger partial charge in [-0.15, -0.1) is 0 Å². The summed E-state index contributed by atoms with van der Waals surface area (Å²) in [4.78, 5) is 6.76. The Morgan fingerprint density at radius 2 is 2.25 bits per heavy atom. The van der Waals surface area contributed by atoms with Gasteiger partial charge in [-0.3, -0.25) is 9.40 Å². The van der Waals surface area contributed by atoms with Crippen molar-refractivity contribution in [1.82, 2.24) is 19.7 Å². The Bertz CT molecular complexity index is 746. The number of aromatic nitrogens is 4. The van der Waals surface area contributed by atoms with Crippen molar-refractivity contribution in [3.8, 4) is 0 Å². The van der Waals surface area contributed by atoms with Crippen molar-refractivity contribution in [2.75, 3.05) is 4.72 Å². The highest BCUT2D eigenvalue weighted by Crippen LogP contribution is 2.18. The van der Waals surface area contributed by atoms with E-state index in [-0.39, 0.29) is 15.8 Å². The zero-order valence-electron chi connectivity index (χ0n) is 10.9. The minimum Gasteiger partial charge on any atom is -0.389 e. The highest BCUT2D eigenvalue weighted by molar-refractivity contribution is 7.92. The van der Waals surface area contributed by atoms with Gasteiger partial charge >= 0.3 is 0 Å². The van der Waals surface area contributed by atoms with Crippen molar-refractivity contribution in [3.63, 3.8) is 0 Å². The van der Waals surface area contributed by atoms with Crippen LogP contribution in [0.15, 0.2) is 17.4 Å². The quantitative estimate of drug-likeness (QED) is 0.676. The smallest absolute Gasteiger partial charge is 0.280 e. The van der Waals surface area contributed by atoms with Gasteiger partial charge < -0.3 is 10.7 Å². The largest absolute Gasteiger partial charge is 0.389 e. The summed E-state index contributed by atoms with van der Waals surface area (Å²) >= 11 is 4.86. The van der Waals surface area contributed by atoms with Crippen LogP contribution in [0.3, 0.4) is 0 Å². The van der Waals surface area contributed by atoms with E-state index >= 15 is 0 Å². The van der Waals surface area contributed by atoms with Crippen LogP contribution in [0.4, 0.5) is 5.82 Å². The molecule has 0 spiro atoms. The first-order valence-electron chi connectivity index (χ1n) is 5.73. The third-order valence-electron chi connectivity index (χ3n) is 2.66. The van der Waals surface area contributed by atoms with Gasteiger partial charge in [0.15, 0.2) is 5.03 Å². The van der Waals surface area contributed by atoms with E-state index in [2.05, 4.69) is 19.8 Å². The molecule has 2 aromatic rings. The van der Waals surface area contributed by atoms with Crippen molar-refractivity contribution in [2.45, 2.75) is 18.4 Å². The van der Waals surface area contributed by atoms with Crippen molar-refractivity contribution >= 4 is 33.0 Å². The summed E-state index contributed by atoms with van der Waals surface area (Å²) in [5, 5.41) is 3.91. The van der Waals surface area contributed by atoms with E-state index in [4.69, 9.17) is 18.0 Å². The molecule has 0 unspecified atom stereocenters. The Kier molecular flexibility index (Phi) is 3.77. The van der Waals surface area contributed by atoms with Gasteiger partial charge in [0, 0.05) is 13.5 Å². The minimum absolute atomic E-state index is 0.0237. The minimum atomic E-state index is -3.80. The SMILES string of the molecule is CCc1ncc(S(=O)(=O)Nc2c(C(N)=S)cnn2C)[nH]1. The molecule has 0 aliphatic heterocycles. The molecule has 0 aliphatic carbocycles. The first-order valence-corrected chi connectivity index (χ1v) is 7.62. The lowest BCUT2D eigenvalue weighted by molar-refractivity contribution is 0.597. The second-order valence-corrected chi connectivity index (χ2v) is 6.14. The van der Waals surface area contributed by atoms with E-state index in [9.17, 15) is 8.42 Å². The third kappa shape index (κ3) is 2.65. The summed E-state index contributed by atoms with van der Waals surface area (Å²) in [6, 6.07) is 0. The van der Waals surface area contributed by atoms with Gasteiger partial charge in [0.05, 0.1) is 18.0 Å². The number of aromatic amines is 1. The molecule has 0 bridgehead atoms. The lowest BCUT2D eigenvalue weighted by atomic mass is 10.3. The molecule has 4 N–H and O–H groups in total. The fraction of sp³-hybridized carbons (Fsp3) is 0.300. The highest BCUT2D eigenvalue weighted by atomic mass is 32.2. The third-order valence-corrected chi connectivity index (χ3v) is 4.13. The van der Waals surface area contributed by atoms with Crippen LogP contribution in [0, 0.1) is 0 Å². The molecule has 0 atom stereocenters. The summed E-state index contributed by atoms with van der Waals surface area (Å²) in [5.41, 5.74) is 5.90. The van der Waals surface area contributed by atoms with Gasteiger partial charge in [-0.05, 0) is 0 Å². The second-order valence-electron chi connectivity index (χ2n) is 4.05. The molecule has 0 saturated carbocycles. The summed E-state index contributed by atoms with van der Waals surface area (Å²) in [5.74, 6) is 0.801. The number of hydrogen-bond acceptors (Lipinski definition) is 5. The van der Waals surface area contributed by atoms with Gasteiger partial charge in [-0.2, -0.15) is 13.5 Å². The number of hydrogen-bond donors (Lipinski definition) is 3. The van der Waals surface area contributed by atoms with Crippen LogP contribution in [-0.2, 0) is 23.5 Å². The van der Waals surface area contributed by atoms with Crippen LogP contribution < -0.4 is 10.5 Å². The van der Waals surface area contributed by atoms with E-state index < -0.39 is 10.0 Å². The first kappa shape index (κ1) is 14.5. The van der Waals surface area contributed by atoms with E-state index in [1.165, 1.54) is 17.1 Å². The fourth-order valence-electron chi connectivity index (χ4n) is 1.58. The van der Waals surface area contributed by atoms with Crippen LogP contribution in [0.5, 0.6) is 0 Å². The molecular formula is C10H14N6O2S2. The van der Waals surface area contributed by atoms with Crippen LogP contribution in [-0.4, -0.2) is 33.2 Å². The van der Waals surface area contributed by atoms with E-state index in [0.29, 0.717) is 17.8 Å². The molecule has 0 aromatic carbocycles. The summed E-state index contributed by atoms with van der Waals surface area (Å²) in [7, 11) is -2.21. The van der Waals surface area contributed by atoms with Crippen LogP contribution in [0.1, 0.15) is 18.3 Å². The number of thiocarbonyl (C=S) groups is 1. The lowest BCUT2D eigenvalue weighted by Gasteiger charge is -2.08. The first-order chi connectivity index (χ1) is 9.35. The maximum absolute atomic E-state index is 12.2. The topological polar surface area (TPSA) is 119 Å². The molecule has 108 valence electrons. The Balaban J connectivity index is 2.38. The molecule has 0 fully saturated rings. The number of anilines is 1. The normalized spacial score (nSPS) is 11.5. The monoisotopic (exact) mass is 314 g/mol. The van der Waals surface area contributed by atoms with Gasteiger partial charge in [0.1, 0.15) is 16.6 Å². The molecule has 0 saturated heterocycles. The molecule has 2 heterocycles. The zero-order valence-corrected chi connectivity index (χ0v) is 12.5. The van der Waals surface area contributed by atoms with Crippen LogP contribution >= 0.6 is 12.2 Å². The van der Waals surface area contributed by atoms with E-state index in [1.807, 2.05) is 6.92 Å². The molecule has 2 rings (SSSR count). The molecular weight excluding hydrogens is 300 g/mol. The zero-order chi connectivity index (χ0) is 14.9. The molecule has 8 nitrogen and oxygen atoms in total. The Morgan fingerprint density at radius 1 is 1.55 bits per heavy atom. The van der Waals surface area contributed by atoms with E-state index in [1.54, 1.807) is 7.05 Å². The van der Waals surface area contributed by atoms with Crippen molar-refractivity contribution < 1.29 is 8.42 Å². The molecule has 10 heteroatoms. The van der Waals surface area contributed by atoms with E-state index in [0.717, 1.165) is 0 Å². The molecule has 0 amide bonds. The number of nitrogens with one attached hydrogen (secondary N) is 2. The second kappa shape index (κ2) is 5.21. The van der Waals surface area contributed by atoms with Gasteiger partial charge in [0.25, 0.3) is 10.0 Å². The number of nitrogens with zero attached hydrogens (tertiary/aromatic N) is 3. The predicted molar refractivity (Wildman–Crippen MR) is 77.9 cm³/mol. The summed E-state index contributed by atoms with van der Waals surface area (Å²) in [6.07, 6.45) is 3.28. The lowest BCUT2D eigenvalue weighted by Crippen LogP contribution is -2.19. The van der Waals surface area contributed by atoms with Crippen LogP contribution in [0.25, 0.3) is 0 Å². The number of sulfonamides is 1. The highest BCUT2D eigenvalue weighted by Gasteiger charge is 2.21.